The molecule has 0 aliphatic rings. The van der Waals surface area contributed by atoms with E-state index in [4.69, 9.17) is 21.1 Å². The number of esters is 1. The van der Waals surface area contributed by atoms with Gasteiger partial charge in [-0.25, -0.2) is 9.78 Å². The third-order valence-electron chi connectivity index (χ3n) is 4.18. The van der Waals surface area contributed by atoms with E-state index in [0.717, 1.165) is 17.0 Å². The second-order valence-electron chi connectivity index (χ2n) is 6.26. The zero-order valence-corrected chi connectivity index (χ0v) is 18.0. The fourth-order valence-electron chi connectivity index (χ4n) is 2.55. The molecule has 156 valence electrons. The highest BCUT2D eigenvalue weighted by atomic mass is 35.5. The minimum absolute atomic E-state index is 0.0409. The molecule has 0 atom stereocenters. The lowest BCUT2D eigenvalue weighted by atomic mass is 10.1. The number of aromatic nitrogens is 2. The fraction of sp³-hybridized carbons (Fsp3) is 0.200. The number of pyridine rings is 1. The van der Waals surface area contributed by atoms with Crippen LogP contribution in [0.4, 0.5) is 5.13 Å². The third-order valence-corrected chi connectivity index (χ3v) is 5.51. The molecule has 3 rings (SSSR count). The van der Waals surface area contributed by atoms with Crippen molar-refractivity contribution in [1.29, 1.82) is 0 Å². The summed E-state index contributed by atoms with van der Waals surface area (Å²) in [6.45, 7) is 1.39. The van der Waals surface area contributed by atoms with Gasteiger partial charge in [0.05, 0.1) is 12.0 Å². The summed E-state index contributed by atoms with van der Waals surface area (Å²) in [5.41, 5.74) is 1.08. The summed E-state index contributed by atoms with van der Waals surface area (Å²) in [7, 11) is 3.01. The lowest BCUT2D eigenvalue weighted by Gasteiger charge is -2.08. The quantitative estimate of drug-likeness (QED) is 0.582. The van der Waals surface area contributed by atoms with E-state index in [-0.39, 0.29) is 22.0 Å². The number of aryl methyl sites for hydroxylation is 2. The van der Waals surface area contributed by atoms with Crippen LogP contribution in [0.2, 0.25) is 5.02 Å². The maximum atomic E-state index is 12.3. The number of hydrogen-bond donors (Lipinski definition) is 1. The van der Waals surface area contributed by atoms with E-state index < -0.39 is 18.5 Å². The van der Waals surface area contributed by atoms with E-state index in [1.165, 1.54) is 19.4 Å². The second kappa shape index (κ2) is 9.10. The average Bonchev–Trinajstić information content (AvgIpc) is 3.12. The zero-order valence-electron chi connectivity index (χ0n) is 16.4. The minimum atomic E-state index is -0.652. The van der Waals surface area contributed by atoms with Crippen molar-refractivity contribution >= 4 is 39.9 Å². The van der Waals surface area contributed by atoms with E-state index in [0.29, 0.717) is 15.5 Å². The number of rotatable bonds is 6. The molecule has 0 radical (unpaired) electrons. The molecule has 0 aliphatic heterocycles. The molecule has 8 nitrogen and oxygen atoms in total. The Morgan fingerprint density at radius 1 is 1.30 bits per heavy atom. The molecule has 0 fully saturated rings. The van der Waals surface area contributed by atoms with Gasteiger partial charge in [0.15, 0.2) is 23.2 Å². The van der Waals surface area contributed by atoms with Gasteiger partial charge in [-0.05, 0) is 13.0 Å². The number of nitrogens with zero attached hydrogens (tertiary/aromatic N) is 2. The van der Waals surface area contributed by atoms with E-state index in [9.17, 15) is 14.4 Å². The molecule has 0 unspecified atom stereocenters. The summed E-state index contributed by atoms with van der Waals surface area (Å²) in [6, 6.07) is 8.39. The Bertz CT molecular complexity index is 1170. The van der Waals surface area contributed by atoms with Gasteiger partial charge in [-0.3, -0.25) is 14.9 Å². The topological polar surface area (TPSA) is 99.5 Å². The highest BCUT2D eigenvalue weighted by Gasteiger charge is 2.22. The fourth-order valence-corrected chi connectivity index (χ4v) is 3.84. The maximum Gasteiger partial charge on any atom is 0.358 e. The number of halogens is 1. The average molecular weight is 448 g/mol. The molecular weight excluding hydrogens is 430 g/mol. The molecule has 0 saturated carbocycles. The molecule has 1 amide bonds. The Balaban J connectivity index is 1.79. The predicted octanol–water partition coefficient (Wildman–Crippen LogP) is 3.27. The highest BCUT2D eigenvalue weighted by Crippen LogP contribution is 2.37. The summed E-state index contributed by atoms with van der Waals surface area (Å²) in [5, 5.41) is 3.18. The number of carbonyl (C=O) groups is 2. The van der Waals surface area contributed by atoms with Crippen LogP contribution in [0, 0.1) is 6.92 Å². The molecule has 10 heteroatoms. The lowest BCUT2D eigenvalue weighted by molar-refractivity contribution is -0.118. The Hall–Kier alpha value is -3.17. The van der Waals surface area contributed by atoms with Crippen molar-refractivity contribution in [1.82, 2.24) is 9.55 Å². The molecule has 0 bridgehead atoms. The SMILES string of the molecule is COC(=O)c1nc(NC(=O)COc2cn(C)c(C)cc2=O)sc1-c1ccccc1Cl. The molecule has 2 heterocycles. The number of carbonyl (C=O) groups excluding carboxylic acids is 2. The number of thiazole rings is 1. The molecular formula is C20H18ClN3O5S. The predicted molar refractivity (Wildman–Crippen MR) is 114 cm³/mol. The van der Waals surface area contributed by atoms with Crippen molar-refractivity contribution in [3.05, 3.63) is 63.2 Å². The van der Waals surface area contributed by atoms with Gasteiger partial charge in [0.1, 0.15) is 0 Å². The van der Waals surface area contributed by atoms with Crippen LogP contribution in [0.3, 0.4) is 0 Å². The monoisotopic (exact) mass is 447 g/mol. The highest BCUT2D eigenvalue weighted by molar-refractivity contribution is 7.19. The van der Waals surface area contributed by atoms with E-state index in [2.05, 4.69) is 10.3 Å². The first-order valence-electron chi connectivity index (χ1n) is 8.74. The van der Waals surface area contributed by atoms with Crippen LogP contribution in [-0.4, -0.2) is 35.1 Å². The van der Waals surface area contributed by atoms with Gasteiger partial charge in [-0.2, -0.15) is 0 Å². The number of anilines is 1. The molecule has 2 aromatic heterocycles. The molecule has 0 aliphatic carbocycles. The molecule has 0 spiro atoms. The van der Waals surface area contributed by atoms with Crippen molar-refractivity contribution in [3.8, 4) is 16.2 Å². The lowest BCUT2D eigenvalue weighted by Crippen LogP contribution is -2.22. The van der Waals surface area contributed by atoms with Crippen molar-refractivity contribution in [2.24, 2.45) is 7.05 Å². The maximum absolute atomic E-state index is 12.3. The van der Waals surface area contributed by atoms with Gasteiger partial charge in [-0.1, -0.05) is 41.1 Å². The van der Waals surface area contributed by atoms with Gasteiger partial charge in [0.2, 0.25) is 5.43 Å². The first kappa shape index (κ1) is 21.5. The molecule has 1 aromatic carbocycles. The first-order chi connectivity index (χ1) is 14.3. The number of methoxy groups -OCH3 is 1. The number of benzene rings is 1. The van der Waals surface area contributed by atoms with E-state index in [1.807, 2.05) is 0 Å². The number of nitrogens with one attached hydrogen (secondary N) is 1. The summed E-state index contributed by atoms with van der Waals surface area (Å²) < 4.78 is 11.8. The van der Waals surface area contributed by atoms with E-state index >= 15 is 0 Å². The Kier molecular flexibility index (Phi) is 6.53. The van der Waals surface area contributed by atoms with Crippen LogP contribution < -0.4 is 15.5 Å². The zero-order chi connectivity index (χ0) is 21.8. The second-order valence-corrected chi connectivity index (χ2v) is 7.67. The molecule has 30 heavy (non-hydrogen) atoms. The first-order valence-corrected chi connectivity index (χ1v) is 9.93. The van der Waals surface area contributed by atoms with Crippen molar-refractivity contribution in [2.75, 3.05) is 19.0 Å². The van der Waals surface area contributed by atoms with Gasteiger partial charge in [-0.15, -0.1) is 0 Å². The Morgan fingerprint density at radius 2 is 2.03 bits per heavy atom. The van der Waals surface area contributed by atoms with Crippen LogP contribution in [-0.2, 0) is 16.6 Å². The molecule has 0 saturated heterocycles. The number of amides is 1. The summed E-state index contributed by atoms with van der Waals surface area (Å²) in [6.07, 6.45) is 1.51. The van der Waals surface area contributed by atoms with Crippen molar-refractivity contribution < 1.29 is 19.1 Å². The van der Waals surface area contributed by atoms with Gasteiger partial charge >= 0.3 is 5.97 Å². The van der Waals surface area contributed by atoms with E-state index in [1.54, 1.807) is 42.8 Å². The van der Waals surface area contributed by atoms with Gasteiger partial charge < -0.3 is 14.0 Å². The van der Waals surface area contributed by atoms with Crippen LogP contribution in [0.15, 0.2) is 41.3 Å². The van der Waals surface area contributed by atoms with Crippen LogP contribution in [0.25, 0.3) is 10.4 Å². The van der Waals surface area contributed by atoms with Gasteiger partial charge in [0, 0.05) is 35.6 Å². The van der Waals surface area contributed by atoms with Crippen LogP contribution >= 0.6 is 22.9 Å². The van der Waals surface area contributed by atoms with Crippen LogP contribution in [0.1, 0.15) is 16.2 Å². The Labute approximate surface area is 181 Å². The van der Waals surface area contributed by atoms with Crippen molar-refractivity contribution in [2.45, 2.75) is 6.92 Å². The normalized spacial score (nSPS) is 10.5. The summed E-state index contributed by atoms with van der Waals surface area (Å²) in [4.78, 5) is 41.0. The Morgan fingerprint density at radius 3 is 2.73 bits per heavy atom. The van der Waals surface area contributed by atoms with Crippen molar-refractivity contribution in [3.63, 3.8) is 0 Å². The summed E-state index contributed by atoms with van der Waals surface area (Å²) in [5.74, 6) is -1.13. The van der Waals surface area contributed by atoms with Crippen LogP contribution in [0.5, 0.6) is 5.75 Å². The number of hydrogen-bond acceptors (Lipinski definition) is 7. The summed E-state index contributed by atoms with van der Waals surface area (Å²) >= 11 is 7.32. The standard InChI is InChI=1S/C20H18ClN3O5S/c1-11-8-14(25)15(9-24(11)2)29-10-16(26)22-20-23-17(19(27)28-3)18(30-20)12-6-4-5-7-13(12)21/h4-9H,10H2,1-3H3,(H,22,23,26). The largest absolute Gasteiger partial charge is 0.478 e. The minimum Gasteiger partial charge on any atom is -0.478 e. The van der Waals surface area contributed by atoms with Gasteiger partial charge in [0.25, 0.3) is 5.91 Å². The third kappa shape index (κ3) is 4.69. The number of ether oxygens (including phenoxy) is 2. The molecule has 3 aromatic rings. The molecule has 1 N–H and O–H groups in total. The smallest absolute Gasteiger partial charge is 0.358 e.